The number of rotatable bonds is 5. The molecule has 150 valence electrons. The van der Waals surface area contributed by atoms with Crippen LogP contribution in [0.2, 0.25) is 0 Å². The van der Waals surface area contributed by atoms with Crippen molar-refractivity contribution in [2.24, 2.45) is 5.92 Å². The smallest absolute Gasteiger partial charge is 0.311 e. The fourth-order valence-electron chi connectivity index (χ4n) is 3.63. The second-order valence-electron chi connectivity index (χ2n) is 7.38. The summed E-state index contributed by atoms with van der Waals surface area (Å²) in [5.41, 5.74) is 2.54. The number of piperidine rings is 1. The number of nitrogens with one attached hydrogen (secondary N) is 1. The summed E-state index contributed by atoms with van der Waals surface area (Å²) < 4.78 is 18.5. The third-order valence-electron chi connectivity index (χ3n) is 5.26. The quantitative estimate of drug-likeness (QED) is 0.673. The van der Waals surface area contributed by atoms with Crippen LogP contribution in [0.4, 0.5) is 4.39 Å². The average molecular weight is 395 g/mol. The summed E-state index contributed by atoms with van der Waals surface area (Å²) in [7, 11) is 0. The lowest BCUT2D eigenvalue weighted by molar-refractivity contribution is -0.153. The molecule has 0 saturated carbocycles. The predicted octanol–water partition coefficient (Wildman–Crippen LogP) is 3.23. The molecular weight excluding hydrogens is 373 g/mol. The second-order valence-corrected chi connectivity index (χ2v) is 7.38. The van der Waals surface area contributed by atoms with Gasteiger partial charge in [0.1, 0.15) is 12.4 Å². The van der Waals surface area contributed by atoms with Crippen molar-refractivity contribution in [1.82, 2.24) is 15.1 Å². The minimum atomic E-state index is -0.325. The van der Waals surface area contributed by atoms with Gasteiger partial charge in [0.2, 0.25) is 5.91 Å². The number of esters is 1. The van der Waals surface area contributed by atoms with E-state index in [1.807, 2.05) is 18.2 Å². The Balaban J connectivity index is 1.31. The summed E-state index contributed by atoms with van der Waals surface area (Å²) in [5.74, 6) is -0.988. The van der Waals surface area contributed by atoms with Crippen LogP contribution < -0.4 is 0 Å². The number of fused-ring (bicyclic) bond motifs is 1. The summed E-state index contributed by atoms with van der Waals surface area (Å²) in [6.45, 7) is 1.17. The van der Waals surface area contributed by atoms with Crippen LogP contribution in [-0.4, -0.2) is 40.1 Å². The van der Waals surface area contributed by atoms with E-state index in [4.69, 9.17) is 4.74 Å². The van der Waals surface area contributed by atoms with Gasteiger partial charge in [-0.05, 0) is 42.2 Å². The predicted molar refractivity (Wildman–Crippen MR) is 105 cm³/mol. The van der Waals surface area contributed by atoms with Gasteiger partial charge in [-0.25, -0.2) is 4.39 Å². The van der Waals surface area contributed by atoms with Crippen LogP contribution in [0, 0.1) is 11.7 Å². The monoisotopic (exact) mass is 395 g/mol. The number of hydrogen-bond acceptors (Lipinski definition) is 4. The Bertz CT molecular complexity index is 1020. The van der Waals surface area contributed by atoms with Crippen LogP contribution in [0.15, 0.2) is 48.7 Å². The molecule has 0 unspecified atom stereocenters. The third-order valence-corrected chi connectivity index (χ3v) is 5.26. The zero-order valence-corrected chi connectivity index (χ0v) is 15.9. The van der Waals surface area contributed by atoms with Crippen molar-refractivity contribution in [3.05, 3.63) is 65.6 Å². The maximum atomic E-state index is 13.0. The van der Waals surface area contributed by atoms with Gasteiger partial charge in [-0.15, -0.1) is 0 Å². The Kier molecular flexibility index (Phi) is 5.55. The Labute approximate surface area is 167 Å². The molecule has 1 atom stereocenters. The summed E-state index contributed by atoms with van der Waals surface area (Å²) >= 11 is 0. The third kappa shape index (κ3) is 4.62. The lowest BCUT2D eigenvalue weighted by Crippen LogP contribution is -2.43. The number of halogens is 1. The second kappa shape index (κ2) is 8.43. The Morgan fingerprint density at radius 2 is 1.97 bits per heavy atom. The first-order valence-electron chi connectivity index (χ1n) is 9.69. The van der Waals surface area contributed by atoms with Gasteiger partial charge in [0.05, 0.1) is 24.1 Å². The molecule has 2 heterocycles. The van der Waals surface area contributed by atoms with Crippen molar-refractivity contribution in [2.45, 2.75) is 25.9 Å². The lowest BCUT2D eigenvalue weighted by Gasteiger charge is -2.31. The Morgan fingerprint density at radius 3 is 2.79 bits per heavy atom. The van der Waals surface area contributed by atoms with Crippen molar-refractivity contribution in [1.29, 1.82) is 0 Å². The zero-order valence-electron chi connectivity index (χ0n) is 15.9. The Morgan fingerprint density at radius 1 is 1.17 bits per heavy atom. The zero-order chi connectivity index (χ0) is 20.2. The average Bonchev–Trinajstić information content (AvgIpc) is 3.21. The van der Waals surface area contributed by atoms with Crippen LogP contribution in [0.1, 0.15) is 24.0 Å². The molecule has 1 aliphatic rings. The fourth-order valence-corrected chi connectivity index (χ4v) is 3.63. The fraction of sp³-hybridized carbons (Fsp3) is 0.318. The van der Waals surface area contributed by atoms with E-state index in [9.17, 15) is 14.0 Å². The minimum Gasteiger partial charge on any atom is -0.461 e. The largest absolute Gasteiger partial charge is 0.461 e. The van der Waals surface area contributed by atoms with Crippen LogP contribution in [0.25, 0.3) is 10.9 Å². The number of hydrogen-bond donors (Lipinski definition) is 1. The first-order valence-corrected chi connectivity index (χ1v) is 9.69. The van der Waals surface area contributed by atoms with Gasteiger partial charge in [0.25, 0.3) is 0 Å². The molecular formula is C22H22FN3O3. The number of aromatic nitrogens is 2. The van der Waals surface area contributed by atoms with Crippen LogP contribution in [0.5, 0.6) is 0 Å². The first-order chi connectivity index (χ1) is 14.1. The van der Waals surface area contributed by atoms with Crippen molar-refractivity contribution < 1.29 is 18.7 Å². The van der Waals surface area contributed by atoms with Gasteiger partial charge in [-0.3, -0.25) is 14.7 Å². The van der Waals surface area contributed by atoms with Crippen LogP contribution in [-0.2, 0) is 27.4 Å². The molecule has 1 saturated heterocycles. The van der Waals surface area contributed by atoms with Gasteiger partial charge >= 0.3 is 5.97 Å². The molecule has 2 aromatic carbocycles. The maximum Gasteiger partial charge on any atom is 0.311 e. The molecule has 1 aliphatic heterocycles. The van der Waals surface area contributed by atoms with Crippen molar-refractivity contribution in [2.75, 3.05) is 13.1 Å². The number of likely N-dealkylation sites (tertiary alicyclic amines) is 1. The molecule has 0 spiro atoms. The van der Waals surface area contributed by atoms with E-state index < -0.39 is 0 Å². The molecule has 0 bridgehead atoms. The summed E-state index contributed by atoms with van der Waals surface area (Å²) in [6, 6.07) is 11.7. The molecule has 1 N–H and O–H groups in total. The number of benzene rings is 2. The molecule has 4 rings (SSSR count). The van der Waals surface area contributed by atoms with Crippen molar-refractivity contribution >= 4 is 22.8 Å². The molecule has 0 radical (unpaired) electrons. The van der Waals surface area contributed by atoms with E-state index in [0.29, 0.717) is 19.5 Å². The van der Waals surface area contributed by atoms with Crippen molar-refractivity contribution in [3.63, 3.8) is 0 Å². The number of aromatic amines is 1. The van der Waals surface area contributed by atoms with E-state index >= 15 is 0 Å². The molecule has 29 heavy (non-hydrogen) atoms. The maximum absolute atomic E-state index is 13.0. The summed E-state index contributed by atoms with van der Waals surface area (Å²) in [4.78, 5) is 26.8. The first kappa shape index (κ1) is 19.1. The number of ether oxygens (including phenoxy) is 1. The highest BCUT2D eigenvalue weighted by atomic mass is 19.1. The van der Waals surface area contributed by atoms with E-state index in [-0.39, 0.29) is 36.6 Å². The number of amides is 1. The van der Waals surface area contributed by atoms with Crippen LogP contribution >= 0.6 is 0 Å². The molecule has 6 nitrogen and oxygen atoms in total. The number of carbonyl (C=O) groups is 2. The van der Waals surface area contributed by atoms with E-state index in [1.165, 1.54) is 12.1 Å². The molecule has 1 fully saturated rings. The number of carbonyl (C=O) groups excluding carboxylic acids is 2. The lowest BCUT2D eigenvalue weighted by atomic mass is 9.97. The van der Waals surface area contributed by atoms with E-state index in [0.717, 1.165) is 28.5 Å². The highest BCUT2D eigenvalue weighted by Gasteiger charge is 2.29. The highest BCUT2D eigenvalue weighted by molar-refractivity contribution is 5.81. The van der Waals surface area contributed by atoms with Crippen molar-refractivity contribution in [3.8, 4) is 0 Å². The Hall–Kier alpha value is -3.22. The minimum absolute atomic E-state index is 0.0567. The van der Waals surface area contributed by atoms with Gasteiger partial charge in [0.15, 0.2) is 0 Å². The van der Waals surface area contributed by atoms with E-state index in [2.05, 4.69) is 10.2 Å². The highest BCUT2D eigenvalue weighted by Crippen LogP contribution is 2.20. The SMILES string of the molecule is O=C(OCc1ccc2cn[nH]c2c1)[C@H]1CCCN(C(=O)Cc2ccc(F)cc2)C1. The van der Waals surface area contributed by atoms with Crippen LogP contribution in [0.3, 0.4) is 0 Å². The molecule has 7 heteroatoms. The number of nitrogens with zero attached hydrogens (tertiary/aromatic N) is 2. The molecule has 1 amide bonds. The van der Waals surface area contributed by atoms with Gasteiger partial charge in [0, 0.05) is 18.5 Å². The van der Waals surface area contributed by atoms with E-state index in [1.54, 1.807) is 23.2 Å². The van der Waals surface area contributed by atoms with Gasteiger partial charge < -0.3 is 9.64 Å². The van der Waals surface area contributed by atoms with Gasteiger partial charge in [-0.1, -0.05) is 24.3 Å². The molecule has 3 aromatic rings. The molecule has 0 aliphatic carbocycles. The summed E-state index contributed by atoms with van der Waals surface area (Å²) in [5, 5.41) is 7.88. The standard InChI is InChI=1S/C22H22FN3O3/c23-19-7-4-15(5-8-19)11-21(27)26-9-1-2-18(13-26)22(28)29-14-16-3-6-17-12-24-25-20(17)10-16/h3-8,10,12,18H,1-2,9,11,13-14H2,(H,24,25)/t18-/m0/s1. The molecule has 1 aromatic heterocycles. The summed E-state index contributed by atoms with van der Waals surface area (Å²) in [6.07, 6.45) is 3.41. The van der Waals surface area contributed by atoms with Gasteiger partial charge in [-0.2, -0.15) is 5.10 Å². The number of H-pyrrole nitrogens is 1. The topological polar surface area (TPSA) is 75.3 Å². The normalized spacial score (nSPS) is 16.7.